The van der Waals surface area contributed by atoms with Gasteiger partial charge >= 0.3 is 0 Å². The summed E-state index contributed by atoms with van der Waals surface area (Å²) in [7, 11) is 0. The van der Waals surface area contributed by atoms with Gasteiger partial charge in [0.05, 0.1) is 16.5 Å². The molecule has 7 heteroatoms. The number of fused-ring (bicyclic) bond motifs is 1. The molecule has 0 aliphatic heterocycles. The van der Waals surface area contributed by atoms with E-state index in [1.165, 1.54) is 23.9 Å². The Morgan fingerprint density at radius 3 is 2.91 bits per heavy atom. The van der Waals surface area contributed by atoms with Gasteiger partial charge in [0.1, 0.15) is 11.3 Å². The Labute approximate surface area is 134 Å². The lowest BCUT2D eigenvalue weighted by Crippen LogP contribution is -2.14. The highest BCUT2D eigenvalue weighted by Gasteiger charge is 2.11. The topological polar surface area (TPSA) is 55.1 Å². The van der Waals surface area contributed by atoms with Gasteiger partial charge in [0.2, 0.25) is 5.91 Å². The number of anilines is 1. The van der Waals surface area contributed by atoms with Crippen molar-refractivity contribution in [1.29, 1.82) is 0 Å². The number of carbonyl (C=O) groups is 1. The fraction of sp³-hybridized carbons (Fsp3) is 0.0667. The molecule has 2 aromatic carbocycles. The third-order valence-electron chi connectivity index (χ3n) is 2.81. The minimum absolute atomic E-state index is 0.112. The SMILES string of the molecule is O=C(CSc1nc2ccccc2o1)Nc1ccc(F)cc1Cl. The van der Waals surface area contributed by atoms with Crippen LogP contribution >= 0.6 is 23.4 Å². The highest BCUT2D eigenvalue weighted by atomic mass is 35.5. The standard InChI is InChI=1S/C15H10ClFN2O2S/c16-10-7-9(17)5-6-11(10)18-14(20)8-22-15-19-12-3-1-2-4-13(12)21-15/h1-7H,8H2,(H,18,20). The predicted octanol–water partition coefficient (Wildman–Crippen LogP) is 4.35. The molecule has 3 rings (SSSR count). The molecule has 0 bridgehead atoms. The lowest BCUT2D eigenvalue weighted by Gasteiger charge is -2.06. The van der Waals surface area contributed by atoms with Crippen molar-refractivity contribution >= 4 is 46.1 Å². The van der Waals surface area contributed by atoms with Crippen LogP contribution in [0.4, 0.5) is 10.1 Å². The third-order valence-corrected chi connectivity index (χ3v) is 3.95. The zero-order valence-electron chi connectivity index (χ0n) is 11.2. The number of oxazole rings is 1. The summed E-state index contributed by atoms with van der Waals surface area (Å²) in [5.74, 6) is -0.620. The van der Waals surface area contributed by atoms with Gasteiger partial charge < -0.3 is 9.73 Å². The molecule has 1 amide bonds. The summed E-state index contributed by atoms with van der Waals surface area (Å²) in [5.41, 5.74) is 1.78. The van der Waals surface area contributed by atoms with E-state index in [0.29, 0.717) is 16.5 Å². The van der Waals surface area contributed by atoms with E-state index < -0.39 is 5.82 Å². The molecule has 22 heavy (non-hydrogen) atoms. The normalized spacial score (nSPS) is 10.8. The van der Waals surface area contributed by atoms with Crippen LogP contribution in [0.3, 0.4) is 0 Å². The lowest BCUT2D eigenvalue weighted by molar-refractivity contribution is -0.113. The maximum Gasteiger partial charge on any atom is 0.257 e. The number of nitrogens with one attached hydrogen (secondary N) is 1. The molecule has 0 aliphatic rings. The number of benzene rings is 2. The van der Waals surface area contributed by atoms with E-state index in [0.717, 1.165) is 11.6 Å². The maximum absolute atomic E-state index is 12.9. The number of para-hydroxylation sites is 2. The first kappa shape index (κ1) is 14.9. The first-order chi connectivity index (χ1) is 10.6. The highest BCUT2D eigenvalue weighted by Crippen LogP contribution is 2.25. The van der Waals surface area contributed by atoms with Crippen LogP contribution in [0.25, 0.3) is 11.1 Å². The summed E-state index contributed by atoms with van der Waals surface area (Å²) in [6.45, 7) is 0. The molecular weight excluding hydrogens is 327 g/mol. The van der Waals surface area contributed by atoms with Gasteiger partial charge in [-0.05, 0) is 30.3 Å². The van der Waals surface area contributed by atoms with Crippen LogP contribution in [0, 0.1) is 5.82 Å². The number of thioether (sulfide) groups is 1. The van der Waals surface area contributed by atoms with Crippen LogP contribution in [0.1, 0.15) is 0 Å². The molecule has 0 aliphatic carbocycles. The summed E-state index contributed by atoms with van der Waals surface area (Å²) >= 11 is 7.03. The molecule has 0 fully saturated rings. The number of aromatic nitrogens is 1. The second-order valence-corrected chi connectivity index (χ2v) is 5.74. The largest absolute Gasteiger partial charge is 0.431 e. The zero-order chi connectivity index (χ0) is 15.5. The summed E-state index contributed by atoms with van der Waals surface area (Å²) in [4.78, 5) is 16.1. The van der Waals surface area contributed by atoms with Gasteiger partial charge in [0.25, 0.3) is 5.22 Å². The van der Waals surface area contributed by atoms with Crippen LogP contribution in [0.5, 0.6) is 0 Å². The Morgan fingerprint density at radius 2 is 2.14 bits per heavy atom. The van der Waals surface area contributed by atoms with E-state index >= 15 is 0 Å². The smallest absolute Gasteiger partial charge is 0.257 e. The second-order valence-electron chi connectivity index (χ2n) is 4.41. The molecule has 0 saturated carbocycles. The van der Waals surface area contributed by atoms with E-state index in [9.17, 15) is 9.18 Å². The number of halogens is 2. The number of rotatable bonds is 4. The van der Waals surface area contributed by atoms with Gasteiger partial charge in [0, 0.05) is 0 Å². The quantitative estimate of drug-likeness (QED) is 0.720. The summed E-state index contributed by atoms with van der Waals surface area (Å²) < 4.78 is 18.4. The van der Waals surface area contributed by atoms with Crippen molar-refractivity contribution in [3.63, 3.8) is 0 Å². The fourth-order valence-corrected chi connectivity index (χ4v) is 2.67. The van der Waals surface area contributed by atoms with Crippen molar-refractivity contribution in [2.24, 2.45) is 0 Å². The number of carbonyl (C=O) groups excluding carboxylic acids is 1. The van der Waals surface area contributed by atoms with E-state index in [2.05, 4.69) is 10.3 Å². The Hall–Kier alpha value is -2.05. The van der Waals surface area contributed by atoms with Gasteiger partial charge in [-0.25, -0.2) is 9.37 Å². The van der Waals surface area contributed by atoms with Gasteiger partial charge in [-0.1, -0.05) is 35.5 Å². The maximum atomic E-state index is 12.9. The minimum atomic E-state index is -0.455. The molecule has 0 radical (unpaired) electrons. The fourth-order valence-electron chi connectivity index (χ4n) is 1.82. The Bertz CT molecular complexity index is 804. The van der Waals surface area contributed by atoms with Crippen LogP contribution in [0.15, 0.2) is 52.1 Å². The van der Waals surface area contributed by atoms with Crippen LogP contribution in [0.2, 0.25) is 5.02 Å². The number of nitrogens with zero attached hydrogens (tertiary/aromatic N) is 1. The second kappa shape index (κ2) is 6.37. The molecule has 112 valence electrons. The van der Waals surface area contributed by atoms with Gasteiger partial charge in [-0.3, -0.25) is 4.79 Å². The number of hydrogen-bond donors (Lipinski definition) is 1. The van der Waals surface area contributed by atoms with E-state index in [1.54, 1.807) is 0 Å². The minimum Gasteiger partial charge on any atom is -0.431 e. The summed E-state index contributed by atoms with van der Waals surface area (Å²) in [6.07, 6.45) is 0. The van der Waals surface area contributed by atoms with Crippen molar-refractivity contribution < 1.29 is 13.6 Å². The average Bonchev–Trinajstić information content (AvgIpc) is 2.91. The van der Waals surface area contributed by atoms with Crippen LogP contribution in [-0.4, -0.2) is 16.6 Å². The summed E-state index contributed by atoms with van der Waals surface area (Å²) in [5, 5.41) is 3.18. The van der Waals surface area contributed by atoms with Crippen LogP contribution in [-0.2, 0) is 4.79 Å². The van der Waals surface area contributed by atoms with Gasteiger partial charge in [0.15, 0.2) is 5.58 Å². The third kappa shape index (κ3) is 3.40. The van der Waals surface area contributed by atoms with E-state index in [-0.39, 0.29) is 16.7 Å². The average molecular weight is 337 g/mol. The summed E-state index contributed by atoms with van der Waals surface area (Å²) in [6, 6.07) is 11.2. The van der Waals surface area contributed by atoms with Gasteiger partial charge in [-0.15, -0.1) is 0 Å². The first-order valence-corrected chi connectivity index (χ1v) is 7.71. The van der Waals surface area contributed by atoms with Gasteiger partial charge in [-0.2, -0.15) is 0 Å². The van der Waals surface area contributed by atoms with Crippen molar-refractivity contribution in [2.45, 2.75) is 5.22 Å². The molecule has 4 nitrogen and oxygen atoms in total. The highest BCUT2D eigenvalue weighted by molar-refractivity contribution is 7.99. The molecule has 1 aromatic heterocycles. The molecule has 3 aromatic rings. The van der Waals surface area contributed by atoms with Crippen molar-refractivity contribution in [1.82, 2.24) is 4.98 Å². The Balaban J connectivity index is 1.62. The first-order valence-electron chi connectivity index (χ1n) is 6.35. The zero-order valence-corrected chi connectivity index (χ0v) is 12.7. The van der Waals surface area contributed by atoms with Crippen LogP contribution < -0.4 is 5.32 Å². The molecule has 1 heterocycles. The molecule has 0 atom stereocenters. The lowest BCUT2D eigenvalue weighted by atomic mass is 10.3. The van der Waals surface area contributed by atoms with E-state index in [1.807, 2.05) is 24.3 Å². The number of amides is 1. The van der Waals surface area contributed by atoms with Crippen molar-refractivity contribution in [3.05, 3.63) is 53.3 Å². The molecule has 0 saturated heterocycles. The van der Waals surface area contributed by atoms with Crippen molar-refractivity contribution in [2.75, 3.05) is 11.1 Å². The predicted molar refractivity (Wildman–Crippen MR) is 84.8 cm³/mol. The Morgan fingerprint density at radius 1 is 1.32 bits per heavy atom. The molecule has 0 spiro atoms. The Kier molecular flexibility index (Phi) is 4.31. The molecule has 0 unspecified atom stereocenters. The molecule has 1 N–H and O–H groups in total. The van der Waals surface area contributed by atoms with E-state index in [4.69, 9.17) is 16.0 Å². The number of hydrogen-bond acceptors (Lipinski definition) is 4. The molecular formula is C15H10ClFN2O2S. The van der Waals surface area contributed by atoms with Crippen molar-refractivity contribution in [3.8, 4) is 0 Å². The monoisotopic (exact) mass is 336 g/mol.